The number of nitrogens with one attached hydrogen (secondary N) is 2. The molecule has 1 fully saturated rings. The number of amides is 4. The number of carbonyl (C=O) groups excluding carboxylic acids is 3. The van der Waals surface area contributed by atoms with E-state index in [1.807, 2.05) is 10.3 Å². The zero-order valence-electron chi connectivity index (χ0n) is 20.6. The van der Waals surface area contributed by atoms with E-state index >= 15 is 0 Å². The van der Waals surface area contributed by atoms with Crippen molar-refractivity contribution in [2.75, 3.05) is 4.90 Å². The van der Waals surface area contributed by atoms with E-state index in [-0.39, 0.29) is 28.1 Å². The standard InChI is InChI=1S/C27H18N4O10/c32-20-18(22(34)30(26(40)28-20)16-10-6-14(7-11-16)24(36)37)4-2-1-3-5-19-21(33)29-27(41)31(23(19)35)17-12-8-15(9-13-17)25(38)39/h1-13,34H,(H,36,37)(H,38,39)(H,28,32,40)(H,29,33,41). The van der Waals surface area contributed by atoms with Crippen LogP contribution in [0.15, 0.2) is 88.0 Å². The van der Waals surface area contributed by atoms with Crippen LogP contribution in [0.4, 0.5) is 10.5 Å². The van der Waals surface area contributed by atoms with Crippen LogP contribution in [0.25, 0.3) is 11.8 Å². The molecule has 0 aliphatic carbocycles. The van der Waals surface area contributed by atoms with Gasteiger partial charge in [-0.15, -0.1) is 0 Å². The molecular weight excluding hydrogens is 540 g/mol. The first-order chi connectivity index (χ1) is 19.5. The fourth-order valence-corrected chi connectivity index (χ4v) is 3.71. The summed E-state index contributed by atoms with van der Waals surface area (Å²) in [5, 5.41) is 30.7. The Balaban J connectivity index is 1.58. The van der Waals surface area contributed by atoms with Crippen molar-refractivity contribution in [3.05, 3.63) is 116 Å². The number of carboxylic acids is 2. The number of carbonyl (C=O) groups is 5. The van der Waals surface area contributed by atoms with E-state index < -0.39 is 52.5 Å². The summed E-state index contributed by atoms with van der Waals surface area (Å²) in [5.74, 6) is -5.06. The van der Waals surface area contributed by atoms with Crippen molar-refractivity contribution in [3.63, 3.8) is 0 Å². The Hall–Kier alpha value is -6.31. The van der Waals surface area contributed by atoms with Crippen molar-refractivity contribution in [1.82, 2.24) is 14.9 Å². The van der Waals surface area contributed by atoms with Gasteiger partial charge in [-0.2, -0.15) is 0 Å². The molecule has 3 aromatic rings. The SMILES string of the molecule is O=C1NC(=O)N(c2ccc(C(=O)O)cc2)C(=O)C1=CC=CC=Cc1c(O)n(-c2ccc(C(=O)O)cc2)c(=O)[nH]c1=O. The molecule has 4 rings (SSSR count). The number of benzene rings is 2. The minimum absolute atomic E-state index is 0.0298. The van der Waals surface area contributed by atoms with Crippen molar-refractivity contribution >= 4 is 41.5 Å². The number of aromatic nitrogens is 2. The quantitative estimate of drug-likeness (QED) is 0.160. The van der Waals surface area contributed by atoms with Crippen LogP contribution < -0.4 is 21.5 Å². The van der Waals surface area contributed by atoms with Gasteiger partial charge in [-0.3, -0.25) is 24.7 Å². The second-order valence-electron chi connectivity index (χ2n) is 8.26. The molecule has 2 heterocycles. The molecule has 4 amide bonds. The second kappa shape index (κ2) is 11.2. The van der Waals surface area contributed by atoms with Crippen molar-refractivity contribution in [1.29, 1.82) is 0 Å². The predicted molar refractivity (Wildman–Crippen MR) is 142 cm³/mol. The third-order valence-corrected chi connectivity index (χ3v) is 5.72. The monoisotopic (exact) mass is 558 g/mol. The highest BCUT2D eigenvalue weighted by Gasteiger charge is 2.36. The molecule has 14 nitrogen and oxygen atoms in total. The van der Waals surface area contributed by atoms with Gasteiger partial charge in [0.25, 0.3) is 17.4 Å². The summed E-state index contributed by atoms with van der Waals surface area (Å²) in [6, 6.07) is 8.78. The third kappa shape index (κ3) is 5.61. The molecule has 1 aliphatic rings. The molecule has 0 unspecified atom stereocenters. The lowest BCUT2D eigenvalue weighted by atomic mass is 10.1. The number of aromatic hydroxyl groups is 1. The van der Waals surface area contributed by atoms with E-state index in [0.717, 1.165) is 16.7 Å². The van der Waals surface area contributed by atoms with Crippen LogP contribution in [-0.2, 0) is 9.59 Å². The number of aromatic carboxylic acids is 2. The number of H-pyrrole nitrogens is 1. The van der Waals surface area contributed by atoms with Crippen LogP contribution in [0.1, 0.15) is 26.3 Å². The molecule has 0 atom stereocenters. The Morgan fingerprint density at radius 3 is 1.88 bits per heavy atom. The minimum Gasteiger partial charge on any atom is -0.494 e. The summed E-state index contributed by atoms with van der Waals surface area (Å²) < 4.78 is 0.762. The summed E-state index contributed by atoms with van der Waals surface area (Å²) in [6.45, 7) is 0. The molecule has 1 aromatic heterocycles. The second-order valence-corrected chi connectivity index (χ2v) is 8.26. The zero-order valence-corrected chi connectivity index (χ0v) is 20.6. The Morgan fingerprint density at radius 2 is 1.32 bits per heavy atom. The molecule has 5 N–H and O–H groups in total. The molecule has 0 saturated carbocycles. The number of aromatic amines is 1. The van der Waals surface area contributed by atoms with Gasteiger partial charge in [-0.05, 0) is 60.7 Å². The number of rotatable bonds is 7. The molecule has 1 aliphatic heterocycles. The molecule has 206 valence electrons. The normalized spacial score (nSPS) is 14.7. The zero-order chi connectivity index (χ0) is 29.8. The Labute approximate surface area is 228 Å². The summed E-state index contributed by atoms with van der Waals surface area (Å²) in [4.78, 5) is 86.8. The number of nitrogens with zero attached hydrogens (tertiary/aromatic N) is 2. The van der Waals surface area contributed by atoms with E-state index in [0.29, 0.717) is 4.90 Å². The number of hydrogen-bond donors (Lipinski definition) is 5. The van der Waals surface area contributed by atoms with Crippen LogP contribution in [0.3, 0.4) is 0 Å². The first-order valence-corrected chi connectivity index (χ1v) is 11.5. The lowest BCUT2D eigenvalue weighted by molar-refractivity contribution is -0.122. The van der Waals surface area contributed by atoms with Crippen LogP contribution in [0, 0.1) is 0 Å². The molecule has 0 spiro atoms. The summed E-state index contributed by atoms with van der Waals surface area (Å²) in [5.41, 5.74) is -2.64. The van der Waals surface area contributed by atoms with Crippen LogP contribution in [0.5, 0.6) is 5.88 Å². The minimum atomic E-state index is -1.21. The van der Waals surface area contributed by atoms with Gasteiger partial charge in [0, 0.05) is 0 Å². The van der Waals surface area contributed by atoms with E-state index in [9.17, 15) is 38.7 Å². The molecule has 0 radical (unpaired) electrons. The number of imide groups is 2. The average Bonchev–Trinajstić information content (AvgIpc) is 2.92. The van der Waals surface area contributed by atoms with Gasteiger partial charge in [0.15, 0.2) is 0 Å². The van der Waals surface area contributed by atoms with Gasteiger partial charge < -0.3 is 15.3 Å². The summed E-state index contributed by atoms with van der Waals surface area (Å²) >= 11 is 0. The van der Waals surface area contributed by atoms with E-state index in [4.69, 9.17) is 10.2 Å². The average molecular weight is 558 g/mol. The molecule has 14 heteroatoms. The van der Waals surface area contributed by atoms with Crippen molar-refractivity contribution in [2.24, 2.45) is 0 Å². The Morgan fingerprint density at radius 1 is 0.756 bits per heavy atom. The Kier molecular flexibility index (Phi) is 7.57. The van der Waals surface area contributed by atoms with Crippen LogP contribution in [-0.4, -0.2) is 54.7 Å². The molecule has 41 heavy (non-hydrogen) atoms. The van der Waals surface area contributed by atoms with Gasteiger partial charge in [0.2, 0.25) is 5.88 Å². The number of barbiturate groups is 1. The van der Waals surface area contributed by atoms with Gasteiger partial charge in [-0.1, -0.05) is 18.2 Å². The van der Waals surface area contributed by atoms with Gasteiger partial charge in [-0.25, -0.2) is 28.6 Å². The topological polar surface area (TPSA) is 216 Å². The lowest BCUT2D eigenvalue weighted by Crippen LogP contribution is -2.54. The lowest BCUT2D eigenvalue weighted by Gasteiger charge is -2.26. The van der Waals surface area contributed by atoms with Gasteiger partial charge >= 0.3 is 23.7 Å². The summed E-state index contributed by atoms with van der Waals surface area (Å²) in [7, 11) is 0. The molecular formula is C27H18N4O10. The number of carboxylic acid groups (broad SMARTS) is 2. The first-order valence-electron chi connectivity index (χ1n) is 11.5. The number of hydrogen-bond acceptors (Lipinski definition) is 8. The van der Waals surface area contributed by atoms with Crippen LogP contribution in [0.2, 0.25) is 0 Å². The maximum Gasteiger partial charge on any atom is 0.335 e. The summed E-state index contributed by atoms with van der Waals surface area (Å²) in [6.07, 6.45) is 6.06. The van der Waals surface area contributed by atoms with Gasteiger partial charge in [0.05, 0.1) is 22.5 Å². The highest BCUT2D eigenvalue weighted by molar-refractivity contribution is 6.37. The maximum absolute atomic E-state index is 12.9. The number of anilines is 1. The third-order valence-electron chi connectivity index (χ3n) is 5.72. The number of allylic oxidation sites excluding steroid dienone is 4. The van der Waals surface area contributed by atoms with Crippen molar-refractivity contribution in [2.45, 2.75) is 0 Å². The Bertz CT molecular complexity index is 1810. The first kappa shape index (κ1) is 27.7. The highest BCUT2D eigenvalue weighted by atomic mass is 16.4. The fraction of sp³-hybridized carbons (Fsp3) is 0. The molecule has 1 saturated heterocycles. The predicted octanol–water partition coefficient (Wildman–Crippen LogP) is 1.41. The van der Waals surface area contributed by atoms with Gasteiger partial charge in [0.1, 0.15) is 11.1 Å². The highest BCUT2D eigenvalue weighted by Crippen LogP contribution is 2.22. The fourth-order valence-electron chi connectivity index (χ4n) is 3.71. The van der Waals surface area contributed by atoms with E-state index in [1.165, 1.54) is 66.8 Å². The van der Waals surface area contributed by atoms with E-state index in [2.05, 4.69) is 0 Å². The van der Waals surface area contributed by atoms with E-state index in [1.54, 1.807) is 0 Å². The maximum atomic E-state index is 12.9. The van der Waals surface area contributed by atoms with Crippen molar-refractivity contribution in [3.8, 4) is 11.6 Å². The largest absolute Gasteiger partial charge is 0.494 e. The smallest absolute Gasteiger partial charge is 0.335 e. The molecule has 0 bridgehead atoms. The molecule has 2 aromatic carbocycles. The van der Waals surface area contributed by atoms with Crippen molar-refractivity contribution < 1.29 is 39.3 Å². The number of urea groups is 1. The van der Waals surface area contributed by atoms with Crippen LogP contribution >= 0.6 is 0 Å².